The minimum Gasteiger partial charge on any atom is -0.481 e. The van der Waals surface area contributed by atoms with Crippen molar-refractivity contribution in [3.8, 4) is 0 Å². The molecule has 4 fully saturated rings. The van der Waals surface area contributed by atoms with Gasteiger partial charge in [-0.3, -0.25) is 9.48 Å². The van der Waals surface area contributed by atoms with Crippen LogP contribution in [0.15, 0.2) is 6.33 Å². The number of aromatic nitrogens is 3. The normalized spacial score (nSPS) is 38.3. The van der Waals surface area contributed by atoms with E-state index in [0.29, 0.717) is 11.2 Å². The molecular formula is C15H21N3O2. The van der Waals surface area contributed by atoms with Crippen LogP contribution in [0, 0.1) is 23.2 Å². The maximum atomic E-state index is 10.7. The second-order valence-corrected chi connectivity index (χ2v) is 7.35. The number of aliphatic carboxylic acids is 1. The fourth-order valence-corrected chi connectivity index (χ4v) is 5.45. The minimum absolute atomic E-state index is 0.0755. The number of hydrogen-bond donors (Lipinski definition) is 1. The van der Waals surface area contributed by atoms with Crippen LogP contribution in [-0.4, -0.2) is 25.8 Å². The summed E-state index contributed by atoms with van der Waals surface area (Å²) in [7, 11) is 0. The van der Waals surface area contributed by atoms with Crippen LogP contribution >= 0.6 is 0 Å². The Hall–Kier alpha value is -1.39. The van der Waals surface area contributed by atoms with Gasteiger partial charge in [0, 0.05) is 6.54 Å². The Morgan fingerprint density at radius 1 is 1.25 bits per heavy atom. The molecule has 0 radical (unpaired) electrons. The van der Waals surface area contributed by atoms with E-state index in [2.05, 4.69) is 10.1 Å². The molecule has 20 heavy (non-hydrogen) atoms. The lowest BCUT2D eigenvalue weighted by atomic mass is 9.49. The van der Waals surface area contributed by atoms with Gasteiger partial charge in [0.15, 0.2) is 5.82 Å². The summed E-state index contributed by atoms with van der Waals surface area (Å²) in [5.41, 5.74) is 0.420. The zero-order chi connectivity index (χ0) is 13.7. The van der Waals surface area contributed by atoms with E-state index in [1.165, 1.54) is 38.5 Å². The first-order chi connectivity index (χ1) is 9.60. The molecule has 4 aliphatic rings. The summed E-state index contributed by atoms with van der Waals surface area (Å²) in [6.07, 6.45) is 10.0. The quantitative estimate of drug-likeness (QED) is 0.914. The van der Waals surface area contributed by atoms with Crippen molar-refractivity contribution in [2.75, 3.05) is 0 Å². The highest BCUT2D eigenvalue weighted by Crippen LogP contribution is 2.60. The minimum atomic E-state index is -0.863. The Kier molecular flexibility index (Phi) is 2.66. The van der Waals surface area contributed by atoms with Crippen LogP contribution in [0.4, 0.5) is 0 Å². The Labute approximate surface area is 118 Å². The average molecular weight is 275 g/mol. The van der Waals surface area contributed by atoms with Gasteiger partial charge in [0.2, 0.25) is 0 Å². The maximum absolute atomic E-state index is 10.7. The van der Waals surface area contributed by atoms with Gasteiger partial charge < -0.3 is 5.11 Å². The van der Waals surface area contributed by atoms with Crippen LogP contribution < -0.4 is 0 Å². The van der Waals surface area contributed by atoms with Crippen LogP contribution in [0.2, 0.25) is 0 Å². The highest BCUT2D eigenvalue weighted by atomic mass is 16.4. The van der Waals surface area contributed by atoms with E-state index in [1.54, 1.807) is 6.33 Å². The van der Waals surface area contributed by atoms with Gasteiger partial charge in [0.05, 0.1) is 0 Å². The van der Waals surface area contributed by atoms with Crippen molar-refractivity contribution in [3.63, 3.8) is 0 Å². The van der Waals surface area contributed by atoms with Gasteiger partial charge in [-0.05, 0) is 61.7 Å². The molecule has 1 aromatic rings. The first kappa shape index (κ1) is 12.4. The number of carboxylic acids is 1. The van der Waals surface area contributed by atoms with Gasteiger partial charge in [-0.2, -0.15) is 5.10 Å². The summed E-state index contributed by atoms with van der Waals surface area (Å²) >= 11 is 0. The predicted molar refractivity (Wildman–Crippen MR) is 72.0 cm³/mol. The molecule has 1 N–H and O–H groups in total. The van der Waals surface area contributed by atoms with Crippen molar-refractivity contribution in [2.24, 2.45) is 23.2 Å². The van der Waals surface area contributed by atoms with Crippen molar-refractivity contribution in [3.05, 3.63) is 12.2 Å². The van der Waals surface area contributed by atoms with Crippen LogP contribution in [0.3, 0.4) is 0 Å². The van der Waals surface area contributed by atoms with E-state index in [-0.39, 0.29) is 6.42 Å². The van der Waals surface area contributed by atoms with E-state index in [4.69, 9.17) is 5.11 Å². The number of nitrogens with zero attached hydrogens (tertiary/aromatic N) is 3. The standard InChI is InChI=1S/C15H21N3O2/c19-14(20)4-13-16-9-18(17-13)8-15-5-10-1-11(6-15)3-12(2-10)7-15/h9-12H,1-8H2,(H,19,20). The lowest BCUT2D eigenvalue weighted by Crippen LogP contribution is -2.48. The summed E-state index contributed by atoms with van der Waals surface area (Å²) < 4.78 is 1.89. The molecule has 0 atom stereocenters. The second kappa shape index (κ2) is 4.30. The SMILES string of the molecule is O=C(O)Cc1ncn(CC23CC4CC(CC(C4)C2)C3)n1. The monoisotopic (exact) mass is 275 g/mol. The van der Waals surface area contributed by atoms with Crippen LogP contribution in [0.25, 0.3) is 0 Å². The molecule has 0 spiro atoms. The number of carboxylic acid groups (broad SMARTS) is 1. The first-order valence-corrected chi connectivity index (χ1v) is 7.70. The van der Waals surface area contributed by atoms with Crippen molar-refractivity contribution in [1.82, 2.24) is 14.8 Å². The molecule has 5 rings (SSSR count). The highest BCUT2D eigenvalue weighted by Gasteiger charge is 2.51. The Balaban J connectivity index is 1.51. The lowest BCUT2D eigenvalue weighted by molar-refractivity contribution is -0.136. The van der Waals surface area contributed by atoms with Gasteiger partial charge >= 0.3 is 5.97 Å². The summed E-state index contributed by atoms with van der Waals surface area (Å²) in [6.45, 7) is 0.934. The number of hydrogen-bond acceptors (Lipinski definition) is 3. The van der Waals surface area contributed by atoms with Crippen molar-refractivity contribution >= 4 is 5.97 Å². The summed E-state index contributed by atoms with van der Waals surface area (Å²) in [5, 5.41) is 13.1. The van der Waals surface area contributed by atoms with Gasteiger partial charge in [-0.15, -0.1) is 0 Å². The molecule has 1 heterocycles. The fourth-order valence-electron chi connectivity index (χ4n) is 5.45. The molecular weight excluding hydrogens is 254 g/mol. The third-order valence-corrected chi connectivity index (χ3v) is 5.56. The molecule has 4 saturated carbocycles. The van der Waals surface area contributed by atoms with E-state index in [1.807, 2.05) is 4.68 Å². The molecule has 5 heteroatoms. The van der Waals surface area contributed by atoms with Crippen LogP contribution in [0.5, 0.6) is 0 Å². The molecule has 1 aromatic heterocycles. The molecule has 0 aliphatic heterocycles. The predicted octanol–water partition coefficient (Wildman–Crippen LogP) is 2.12. The third kappa shape index (κ3) is 2.13. The molecule has 4 bridgehead atoms. The Morgan fingerprint density at radius 3 is 2.40 bits per heavy atom. The smallest absolute Gasteiger partial charge is 0.311 e. The number of carbonyl (C=O) groups is 1. The highest BCUT2D eigenvalue weighted by molar-refractivity contribution is 5.68. The van der Waals surface area contributed by atoms with Gasteiger partial charge in [-0.25, -0.2) is 4.98 Å². The Morgan fingerprint density at radius 2 is 1.85 bits per heavy atom. The van der Waals surface area contributed by atoms with Gasteiger partial charge in [0.25, 0.3) is 0 Å². The van der Waals surface area contributed by atoms with Crippen LogP contribution in [0.1, 0.15) is 44.3 Å². The molecule has 4 aliphatic carbocycles. The molecule has 0 amide bonds. The van der Waals surface area contributed by atoms with Gasteiger partial charge in [-0.1, -0.05) is 0 Å². The second-order valence-electron chi connectivity index (χ2n) is 7.35. The van der Waals surface area contributed by atoms with E-state index >= 15 is 0 Å². The Bertz CT molecular complexity index is 502. The average Bonchev–Trinajstić information content (AvgIpc) is 2.72. The molecule has 5 nitrogen and oxygen atoms in total. The first-order valence-electron chi connectivity index (χ1n) is 7.70. The number of rotatable bonds is 4. The zero-order valence-electron chi connectivity index (χ0n) is 11.7. The van der Waals surface area contributed by atoms with Crippen molar-refractivity contribution in [1.29, 1.82) is 0 Å². The fraction of sp³-hybridized carbons (Fsp3) is 0.800. The molecule has 108 valence electrons. The molecule has 0 aromatic carbocycles. The van der Waals surface area contributed by atoms with E-state index in [0.717, 1.165) is 24.3 Å². The lowest BCUT2D eigenvalue weighted by Gasteiger charge is -2.56. The van der Waals surface area contributed by atoms with Crippen LogP contribution in [-0.2, 0) is 17.8 Å². The van der Waals surface area contributed by atoms with E-state index in [9.17, 15) is 4.79 Å². The molecule has 0 saturated heterocycles. The zero-order valence-corrected chi connectivity index (χ0v) is 11.7. The third-order valence-electron chi connectivity index (χ3n) is 5.56. The largest absolute Gasteiger partial charge is 0.481 e. The molecule has 0 unspecified atom stereocenters. The summed E-state index contributed by atoms with van der Waals surface area (Å²) in [6, 6.07) is 0. The summed E-state index contributed by atoms with van der Waals surface area (Å²) in [4.78, 5) is 14.8. The van der Waals surface area contributed by atoms with Crippen molar-refractivity contribution < 1.29 is 9.90 Å². The maximum Gasteiger partial charge on any atom is 0.311 e. The van der Waals surface area contributed by atoms with Gasteiger partial charge in [0.1, 0.15) is 12.7 Å². The topological polar surface area (TPSA) is 68.0 Å². The van der Waals surface area contributed by atoms with E-state index < -0.39 is 5.97 Å². The van der Waals surface area contributed by atoms with Crippen molar-refractivity contribution in [2.45, 2.75) is 51.5 Å². The summed E-state index contributed by atoms with van der Waals surface area (Å²) in [5.74, 6) is 2.37.